The molecule has 0 radical (unpaired) electrons. The SMILES string of the molecule is COc1ccc(CC[NH+](C)CC(=O)Nc2ccc(F)c(F)c2F)cc1OC. The van der Waals surface area contributed by atoms with Crippen LogP contribution in [0.5, 0.6) is 11.5 Å². The van der Waals surface area contributed by atoms with Crippen molar-refractivity contribution >= 4 is 11.6 Å². The number of ether oxygens (including phenoxy) is 2. The van der Waals surface area contributed by atoms with Crippen LogP contribution in [0.25, 0.3) is 0 Å². The Hall–Kier alpha value is -2.74. The minimum Gasteiger partial charge on any atom is -0.493 e. The van der Waals surface area contributed by atoms with Gasteiger partial charge in [0.1, 0.15) is 0 Å². The van der Waals surface area contributed by atoms with Gasteiger partial charge in [-0.1, -0.05) is 6.07 Å². The number of methoxy groups -OCH3 is 2. The van der Waals surface area contributed by atoms with Crippen molar-refractivity contribution in [1.29, 1.82) is 0 Å². The number of likely N-dealkylation sites (N-methyl/N-ethyl adjacent to an activating group) is 1. The third-order valence-electron chi connectivity index (χ3n) is 4.06. The zero-order valence-electron chi connectivity index (χ0n) is 15.4. The summed E-state index contributed by atoms with van der Waals surface area (Å²) in [4.78, 5) is 12.9. The van der Waals surface area contributed by atoms with Crippen LogP contribution in [0.4, 0.5) is 18.9 Å². The third kappa shape index (κ3) is 5.37. The standard InChI is InChI=1S/C19H21F3N2O3/c1-24(9-8-12-4-7-15(26-2)16(10-12)27-3)11-17(25)23-14-6-5-13(20)18(21)19(14)22/h4-7,10H,8-9,11H2,1-3H3,(H,23,25)/p+1. The van der Waals surface area contributed by atoms with Crippen molar-refractivity contribution in [2.45, 2.75) is 6.42 Å². The highest BCUT2D eigenvalue weighted by Gasteiger charge is 2.17. The lowest BCUT2D eigenvalue weighted by Gasteiger charge is -2.15. The normalized spacial score (nSPS) is 11.8. The number of hydrogen-bond acceptors (Lipinski definition) is 3. The first-order valence-electron chi connectivity index (χ1n) is 8.31. The Kier molecular flexibility index (Phi) is 7.06. The minimum absolute atomic E-state index is 0.0473. The molecule has 2 aromatic carbocycles. The molecular formula is C19H22F3N2O3+. The minimum atomic E-state index is -1.61. The average molecular weight is 383 g/mol. The lowest BCUT2D eigenvalue weighted by atomic mass is 10.1. The van der Waals surface area contributed by atoms with E-state index >= 15 is 0 Å². The highest BCUT2D eigenvalue weighted by atomic mass is 19.2. The van der Waals surface area contributed by atoms with Crippen LogP contribution in [0, 0.1) is 17.5 Å². The van der Waals surface area contributed by atoms with E-state index in [1.54, 1.807) is 14.2 Å². The number of rotatable bonds is 8. The van der Waals surface area contributed by atoms with E-state index in [9.17, 15) is 18.0 Å². The Balaban J connectivity index is 1.89. The molecule has 0 saturated carbocycles. The number of hydrogen-bond donors (Lipinski definition) is 2. The zero-order valence-corrected chi connectivity index (χ0v) is 15.4. The van der Waals surface area contributed by atoms with Crippen LogP contribution in [0.1, 0.15) is 5.56 Å². The molecule has 2 N–H and O–H groups in total. The van der Waals surface area contributed by atoms with E-state index in [0.717, 1.165) is 22.6 Å². The van der Waals surface area contributed by atoms with Crippen LogP contribution < -0.4 is 19.7 Å². The second kappa shape index (κ2) is 9.27. The quantitative estimate of drug-likeness (QED) is 0.684. The first-order chi connectivity index (χ1) is 12.8. The monoisotopic (exact) mass is 383 g/mol. The Labute approximate surface area is 155 Å². The smallest absolute Gasteiger partial charge is 0.279 e. The fourth-order valence-corrected chi connectivity index (χ4v) is 2.57. The average Bonchev–Trinajstić information content (AvgIpc) is 2.66. The van der Waals surface area contributed by atoms with Crippen LogP contribution in [-0.4, -0.2) is 40.3 Å². The Morgan fingerprint density at radius 3 is 2.41 bits per heavy atom. The van der Waals surface area contributed by atoms with E-state index in [4.69, 9.17) is 9.47 Å². The molecule has 27 heavy (non-hydrogen) atoms. The molecule has 8 heteroatoms. The molecule has 0 aliphatic heterocycles. The van der Waals surface area contributed by atoms with Gasteiger partial charge in [-0.05, 0) is 29.8 Å². The van der Waals surface area contributed by atoms with E-state index in [1.165, 1.54) is 0 Å². The number of carbonyl (C=O) groups is 1. The molecule has 2 aromatic rings. The second-order valence-electron chi connectivity index (χ2n) is 6.09. The lowest BCUT2D eigenvalue weighted by Crippen LogP contribution is -3.10. The molecule has 146 valence electrons. The van der Waals surface area contributed by atoms with Crippen molar-refractivity contribution in [2.75, 3.05) is 39.7 Å². The lowest BCUT2D eigenvalue weighted by molar-refractivity contribution is -0.870. The maximum atomic E-state index is 13.6. The van der Waals surface area contributed by atoms with Crippen molar-refractivity contribution in [1.82, 2.24) is 0 Å². The first kappa shape index (κ1) is 20.6. The number of amides is 1. The van der Waals surface area contributed by atoms with Gasteiger partial charge in [-0.3, -0.25) is 4.79 Å². The summed E-state index contributed by atoms with van der Waals surface area (Å²) in [5, 5.41) is 2.26. The van der Waals surface area contributed by atoms with Gasteiger partial charge in [-0.25, -0.2) is 13.2 Å². The fourth-order valence-electron chi connectivity index (χ4n) is 2.57. The number of anilines is 1. The molecule has 1 atom stereocenters. The third-order valence-corrected chi connectivity index (χ3v) is 4.06. The molecule has 0 aliphatic carbocycles. The van der Waals surface area contributed by atoms with Crippen molar-refractivity contribution in [3.8, 4) is 11.5 Å². The predicted octanol–water partition coefficient (Wildman–Crippen LogP) is 1.82. The topological polar surface area (TPSA) is 52.0 Å². The molecule has 5 nitrogen and oxygen atoms in total. The summed E-state index contributed by atoms with van der Waals surface area (Å²) in [6.45, 7) is 0.675. The van der Waals surface area contributed by atoms with Gasteiger partial charge in [0.25, 0.3) is 5.91 Å². The molecular weight excluding hydrogens is 361 g/mol. The van der Waals surface area contributed by atoms with E-state index in [1.807, 2.05) is 25.2 Å². The molecule has 1 unspecified atom stereocenters. The zero-order chi connectivity index (χ0) is 20.0. The summed E-state index contributed by atoms with van der Waals surface area (Å²) in [7, 11) is 4.92. The van der Waals surface area contributed by atoms with Gasteiger partial charge in [0.2, 0.25) is 0 Å². The van der Waals surface area contributed by atoms with Crippen LogP contribution in [0.2, 0.25) is 0 Å². The van der Waals surface area contributed by atoms with E-state index in [2.05, 4.69) is 5.32 Å². The maximum absolute atomic E-state index is 13.6. The summed E-state index contributed by atoms with van der Waals surface area (Å²) in [6, 6.07) is 7.34. The van der Waals surface area contributed by atoms with Gasteiger partial charge in [-0.15, -0.1) is 0 Å². The van der Waals surface area contributed by atoms with Crippen LogP contribution in [0.15, 0.2) is 30.3 Å². The maximum Gasteiger partial charge on any atom is 0.279 e. The summed E-state index contributed by atoms with van der Waals surface area (Å²) < 4.78 is 50.2. The van der Waals surface area contributed by atoms with Crippen molar-refractivity contribution in [3.63, 3.8) is 0 Å². The van der Waals surface area contributed by atoms with Gasteiger partial charge >= 0.3 is 0 Å². The van der Waals surface area contributed by atoms with Crippen LogP contribution >= 0.6 is 0 Å². The van der Waals surface area contributed by atoms with Crippen molar-refractivity contribution < 1.29 is 32.3 Å². The number of quaternary nitrogens is 1. The molecule has 1 amide bonds. The Morgan fingerprint density at radius 1 is 1.04 bits per heavy atom. The van der Waals surface area contributed by atoms with Gasteiger partial charge in [0.15, 0.2) is 35.5 Å². The number of benzene rings is 2. The highest BCUT2D eigenvalue weighted by Crippen LogP contribution is 2.27. The second-order valence-corrected chi connectivity index (χ2v) is 6.09. The van der Waals surface area contributed by atoms with Crippen molar-refractivity contribution in [2.24, 2.45) is 0 Å². The predicted molar refractivity (Wildman–Crippen MR) is 94.8 cm³/mol. The molecule has 0 spiro atoms. The van der Waals surface area contributed by atoms with Crippen LogP contribution in [-0.2, 0) is 11.2 Å². The van der Waals surface area contributed by atoms with Gasteiger partial charge in [0.05, 0.1) is 33.5 Å². The summed E-state index contributed by atoms with van der Waals surface area (Å²) in [5.74, 6) is -3.56. The van der Waals surface area contributed by atoms with E-state index in [0.29, 0.717) is 24.5 Å². The van der Waals surface area contributed by atoms with Gasteiger partial charge in [-0.2, -0.15) is 0 Å². The van der Waals surface area contributed by atoms with E-state index < -0.39 is 23.4 Å². The summed E-state index contributed by atoms with van der Waals surface area (Å²) in [6.07, 6.45) is 0.680. The largest absolute Gasteiger partial charge is 0.493 e. The summed E-state index contributed by atoms with van der Waals surface area (Å²) in [5.41, 5.74) is 0.630. The molecule has 0 heterocycles. The molecule has 0 saturated heterocycles. The fraction of sp³-hybridized carbons (Fsp3) is 0.316. The first-order valence-corrected chi connectivity index (χ1v) is 8.31. The Bertz CT molecular complexity index is 815. The molecule has 0 bridgehead atoms. The number of halogens is 3. The van der Waals surface area contributed by atoms with Crippen LogP contribution in [0.3, 0.4) is 0 Å². The van der Waals surface area contributed by atoms with Gasteiger partial charge in [0, 0.05) is 6.42 Å². The van der Waals surface area contributed by atoms with Gasteiger partial charge < -0.3 is 19.7 Å². The molecule has 0 aliphatic rings. The van der Waals surface area contributed by atoms with E-state index in [-0.39, 0.29) is 12.2 Å². The molecule has 0 aromatic heterocycles. The summed E-state index contributed by atoms with van der Waals surface area (Å²) >= 11 is 0. The van der Waals surface area contributed by atoms with Crippen molar-refractivity contribution in [3.05, 3.63) is 53.3 Å². The molecule has 0 fully saturated rings. The Morgan fingerprint density at radius 2 is 1.74 bits per heavy atom. The number of carbonyl (C=O) groups excluding carboxylic acids is 1. The molecule has 2 rings (SSSR count). The number of nitrogens with one attached hydrogen (secondary N) is 2. The highest BCUT2D eigenvalue weighted by molar-refractivity contribution is 5.91.